The molecule has 0 aromatic rings. The van der Waals surface area contributed by atoms with Crippen molar-refractivity contribution in [2.24, 2.45) is 0 Å². The van der Waals surface area contributed by atoms with E-state index in [9.17, 15) is 25.3 Å². The van der Waals surface area contributed by atoms with Crippen molar-refractivity contribution in [1.29, 1.82) is 0 Å². The SMILES string of the molecule is C=CCS(=O)(=O)O.CS(=O)(=O)OCCCCOS(C)(=O)=O. The van der Waals surface area contributed by atoms with Gasteiger partial charge in [-0.15, -0.1) is 6.58 Å². The van der Waals surface area contributed by atoms with Gasteiger partial charge in [-0.05, 0) is 12.8 Å². The highest BCUT2D eigenvalue weighted by atomic mass is 32.2. The summed E-state index contributed by atoms with van der Waals surface area (Å²) in [7, 11) is -10.6. The van der Waals surface area contributed by atoms with Crippen molar-refractivity contribution in [2.45, 2.75) is 12.8 Å². The maximum Gasteiger partial charge on any atom is 0.268 e. The van der Waals surface area contributed by atoms with Crippen LogP contribution in [0.3, 0.4) is 0 Å². The smallest absolute Gasteiger partial charge is 0.268 e. The van der Waals surface area contributed by atoms with Gasteiger partial charge in [-0.3, -0.25) is 12.9 Å². The van der Waals surface area contributed by atoms with Crippen molar-refractivity contribution < 1.29 is 38.2 Å². The topological polar surface area (TPSA) is 141 Å². The van der Waals surface area contributed by atoms with E-state index < -0.39 is 30.4 Å². The van der Waals surface area contributed by atoms with Crippen LogP contribution in [-0.2, 0) is 38.7 Å². The van der Waals surface area contributed by atoms with E-state index in [4.69, 9.17) is 4.55 Å². The lowest BCUT2D eigenvalue weighted by atomic mass is 10.3. The van der Waals surface area contributed by atoms with Crippen LogP contribution in [0, 0.1) is 0 Å². The zero-order valence-corrected chi connectivity index (χ0v) is 14.2. The van der Waals surface area contributed by atoms with Crippen LogP contribution in [0.25, 0.3) is 0 Å². The third-order valence-electron chi connectivity index (χ3n) is 1.46. The van der Waals surface area contributed by atoms with Crippen molar-refractivity contribution in [1.82, 2.24) is 0 Å². The molecule has 0 aliphatic heterocycles. The maximum absolute atomic E-state index is 10.5. The Balaban J connectivity index is 0. The maximum atomic E-state index is 10.5. The zero-order chi connectivity index (χ0) is 17.2. The number of hydrogen-bond donors (Lipinski definition) is 1. The van der Waals surface area contributed by atoms with Crippen LogP contribution in [0.4, 0.5) is 0 Å². The van der Waals surface area contributed by atoms with Crippen LogP contribution in [0.5, 0.6) is 0 Å². The highest BCUT2D eigenvalue weighted by molar-refractivity contribution is 7.86. The van der Waals surface area contributed by atoms with Crippen molar-refractivity contribution in [2.75, 3.05) is 31.5 Å². The fourth-order valence-corrected chi connectivity index (χ4v) is 1.91. The molecule has 0 saturated carbocycles. The summed E-state index contributed by atoms with van der Waals surface area (Å²) >= 11 is 0. The molecule has 0 unspecified atom stereocenters. The van der Waals surface area contributed by atoms with Crippen LogP contribution >= 0.6 is 0 Å². The highest BCUT2D eigenvalue weighted by Crippen LogP contribution is 1.96. The fourth-order valence-electron chi connectivity index (χ4n) is 0.774. The minimum atomic E-state index is -3.79. The van der Waals surface area contributed by atoms with Crippen LogP contribution in [0.15, 0.2) is 12.7 Å². The molecule has 0 heterocycles. The molecule has 0 bridgehead atoms. The van der Waals surface area contributed by atoms with Gasteiger partial charge in [-0.25, -0.2) is 0 Å². The van der Waals surface area contributed by atoms with E-state index in [1.807, 2.05) is 0 Å². The van der Waals surface area contributed by atoms with Crippen molar-refractivity contribution >= 4 is 30.4 Å². The van der Waals surface area contributed by atoms with Gasteiger partial charge in [0.25, 0.3) is 30.4 Å². The minimum Gasteiger partial charge on any atom is -0.285 e. The summed E-state index contributed by atoms with van der Waals surface area (Å²) in [4.78, 5) is 0. The zero-order valence-electron chi connectivity index (χ0n) is 11.8. The van der Waals surface area contributed by atoms with Crippen molar-refractivity contribution in [3.8, 4) is 0 Å². The van der Waals surface area contributed by atoms with E-state index in [2.05, 4.69) is 14.9 Å². The molecule has 0 amide bonds. The quantitative estimate of drug-likeness (QED) is 0.253. The van der Waals surface area contributed by atoms with Crippen molar-refractivity contribution in [3.05, 3.63) is 12.7 Å². The van der Waals surface area contributed by atoms with E-state index in [0.29, 0.717) is 12.8 Å². The second kappa shape index (κ2) is 10.2. The van der Waals surface area contributed by atoms with Crippen LogP contribution < -0.4 is 0 Å². The van der Waals surface area contributed by atoms with Gasteiger partial charge in [0.1, 0.15) is 0 Å². The van der Waals surface area contributed by atoms with E-state index in [1.54, 1.807) is 0 Å². The van der Waals surface area contributed by atoms with E-state index >= 15 is 0 Å². The summed E-state index contributed by atoms with van der Waals surface area (Å²) in [5.74, 6) is -0.368. The lowest BCUT2D eigenvalue weighted by molar-refractivity contribution is 0.273. The highest BCUT2D eigenvalue weighted by Gasteiger charge is 2.02. The molecule has 0 spiro atoms. The van der Waals surface area contributed by atoms with Gasteiger partial charge < -0.3 is 0 Å². The molecule has 21 heavy (non-hydrogen) atoms. The molecule has 1 N–H and O–H groups in total. The summed E-state index contributed by atoms with van der Waals surface area (Å²) in [6.07, 6.45) is 3.90. The second-order valence-electron chi connectivity index (χ2n) is 3.80. The summed E-state index contributed by atoms with van der Waals surface area (Å²) in [6, 6.07) is 0. The second-order valence-corrected chi connectivity index (χ2v) is 8.58. The average molecular weight is 368 g/mol. The standard InChI is InChI=1S/C6H14O6S2.C3H6O3S/c1-13(7,8)11-5-3-4-6-12-14(2,9)10;1-2-3-7(4,5)6/h3-6H2,1-2H3;2H,1,3H2,(H,4,5,6). The lowest BCUT2D eigenvalue weighted by Crippen LogP contribution is -2.07. The first-order valence-electron chi connectivity index (χ1n) is 5.51. The Morgan fingerprint density at radius 2 is 1.24 bits per heavy atom. The predicted octanol–water partition coefficient (Wildman–Crippen LogP) is -0.221. The minimum absolute atomic E-state index is 0.0476. The first-order valence-corrected chi connectivity index (χ1v) is 10.8. The van der Waals surface area contributed by atoms with E-state index in [0.717, 1.165) is 18.6 Å². The molecule has 12 heteroatoms. The van der Waals surface area contributed by atoms with E-state index in [-0.39, 0.29) is 19.0 Å². The lowest BCUT2D eigenvalue weighted by Gasteiger charge is -2.01. The molecule has 9 nitrogen and oxygen atoms in total. The summed E-state index contributed by atoms with van der Waals surface area (Å²) in [5.41, 5.74) is 0. The molecular weight excluding hydrogens is 348 g/mol. The average Bonchev–Trinajstić information content (AvgIpc) is 2.19. The molecule has 0 fully saturated rings. The van der Waals surface area contributed by atoms with Crippen LogP contribution in [0.1, 0.15) is 12.8 Å². The Bertz CT molecular complexity index is 550. The molecule has 0 saturated heterocycles. The third kappa shape index (κ3) is 28.4. The molecule has 0 aliphatic carbocycles. The van der Waals surface area contributed by atoms with Gasteiger partial charge in [-0.1, -0.05) is 6.08 Å². The first kappa shape index (κ1) is 22.7. The van der Waals surface area contributed by atoms with Gasteiger partial charge >= 0.3 is 0 Å². The van der Waals surface area contributed by atoms with Gasteiger partial charge in [0, 0.05) is 0 Å². The number of unbranched alkanes of at least 4 members (excludes halogenated alkanes) is 1. The Hall–Kier alpha value is -0.530. The molecule has 0 aromatic heterocycles. The summed E-state index contributed by atoms with van der Waals surface area (Å²) in [5, 5.41) is 0. The van der Waals surface area contributed by atoms with E-state index in [1.165, 1.54) is 0 Å². The molecule has 0 rings (SSSR count). The Morgan fingerprint density at radius 3 is 1.38 bits per heavy atom. The fraction of sp³-hybridized carbons (Fsp3) is 0.778. The van der Waals surface area contributed by atoms with Gasteiger partial charge in [-0.2, -0.15) is 25.3 Å². The molecule has 0 aromatic carbocycles. The Morgan fingerprint density at radius 1 is 0.905 bits per heavy atom. The van der Waals surface area contributed by atoms with Crippen LogP contribution in [-0.4, -0.2) is 61.3 Å². The van der Waals surface area contributed by atoms with Crippen molar-refractivity contribution in [3.63, 3.8) is 0 Å². The predicted molar refractivity (Wildman–Crippen MR) is 77.4 cm³/mol. The van der Waals surface area contributed by atoms with Crippen LogP contribution in [0.2, 0.25) is 0 Å². The van der Waals surface area contributed by atoms with Gasteiger partial charge in [0.2, 0.25) is 0 Å². The molecule has 0 radical (unpaired) electrons. The summed E-state index contributed by atoms with van der Waals surface area (Å²) < 4.78 is 78.1. The number of rotatable bonds is 9. The van der Waals surface area contributed by atoms with Gasteiger partial charge in [0.15, 0.2) is 0 Å². The Labute approximate surface area is 125 Å². The first-order chi connectivity index (χ1) is 9.27. The summed E-state index contributed by atoms with van der Waals surface area (Å²) in [6.45, 7) is 3.20. The normalized spacial score (nSPS) is 12.3. The molecule has 0 aliphatic rings. The molecule has 0 atom stereocenters. The number of hydrogen-bond acceptors (Lipinski definition) is 8. The molecule has 128 valence electrons. The Kier molecular flexibility index (Phi) is 11.1. The monoisotopic (exact) mass is 368 g/mol. The third-order valence-corrected chi connectivity index (χ3v) is 3.31. The largest absolute Gasteiger partial charge is 0.285 e. The van der Waals surface area contributed by atoms with Gasteiger partial charge in [0.05, 0.1) is 31.5 Å². The molecular formula is C9H20O9S3.